The number of nitrogens with one attached hydrogen (secondary N) is 1. The van der Waals surface area contributed by atoms with E-state index in [2.05, 4.69) is 12.3 Å². The maximum Gasteiger partial charge on any atom is 0.322 e. The molecular formula is C16H29ClN2O3. The first-order valence-electron chi connectivity index (χ1n) is 8.13. The number of carboxylic acid groups (broad SMARTS) is 1. The minimum Gasteiger partial charge on any atom is -0.480 e. The Morgan fingerprint density at radius 1 is 1.14 bits per heavy atom. The van der Waals surface area contributed by atoms with Crippen LogP contribution in [0.2, 0.25) is 0 Å². The Labute approximate surface area is 139 Å². The summed E-state index contributed by atoms with van der Waals surface area (Å²) in [5.41, 5.74) is 2.43. The number of hydrazine groups is 1. The number of rotatable bonds is 4. The molecule has 0 aromatic heterocycles. The van der Waals surface area contributed by atoms with Crippen LogP contribution < -0.4 is 5.43 Å². The smallest absolute Gasteiger partial charge is 0.322 e. The molecule has 0 aromatic carbocycles. The largest absolute Gasteiger partial charge is 0.480 e. The number of hydrogen-bond donors (Lipinski definition) is 2. The van der Waals surface area contributed by atoms with E-state index in [1.165, 1.54) is 12.8 Å². The van der Waals surface area contributed by atoms with E-state index in [4.69, 9.17) is 0 Å². The Hall–Kier alpha value is -0.810. The Kier molecular flexibility index (Phi) is 6.68. The molecule has 22 heavy (non-hydrogen) atoms. The number of carbonyl (C=O) groups is 2. The number of carbonyl (C=O) groups excluding carboxylic acids is 1. The number of carboxylic acids is 1. The molecule has 1 heterocycles. The molecule has 2 fully saturated rings. The topological polar surface area (TPSA) is 69.6 Å². The molecule has 1 saturated heterocycles. The quantitative estimate of drug-likeness (QED) is 0.830. The minimum atomic E-state index is -0.850. The summed E-state index contributed by atoms with van der Waals surface area (Å²) in [6.45, 7) is 6.88. The van der Waals surface area contributed by atoms with Crippen LogP contribution in [0.5, 0.6) is 0 Å². The highest BCUT2D eigenvalue weighted by Gasteiger charge is 2.40. The van der Waals surface area contributed by atoms with Crippen molar-refractivity contribution in [3.05, 3.63) is 0 Å². The van der Waals surface area contributed by atoms with Crippen LogP contribution in [0.1, 0.15) is 59.3 Å². The molecule has 2 N–H and O–H groups in total. The molecule has 2 aliphatic rings. The fraction of sp³-hybridized carbons (Fsp3) is 0.875. The molecule has 6 heteroatoms. The molecule has 128 valence electrons. The van der Waals surface area contributed by atoms with E-state index >= 15 is 0 Å². The summed E-state index contributed by atoms with van der Waals surface area (Å²) in [6.07, 6.45) is 5.97. The molecule has 1 unspecified atom stereocenters. The van der Waals surface area contributed by atoms with Crippen molar-refractivity contribution in [1.29, 1.82) is 0 Å². The third kappa shape index (κ3) is 4.13. The molecule has 0 aromatic rings. The second kappa shape index (κ2) is 7.64. The number of amides is 1. The molecule has 0 bridgehead atoms. The number of nitrogens with zero attached hydrogens (tertiary/aromatic N) is 1. The number of hydrogen-bond acceptors (Lipinski definition) is 3. The van der Waals surface area contributed by atoms with Gasteiger partial charge in [0.1, 0.15) is 6.04 Å². The van der Waals surface area contributed by atoms with E-state index in [0.29, 0.717) is 18.9 Å². The van der Waals surface area contributed by atoms with Gasteiger partial charge in [-0.05, 0) is 37.5 Å². The Bertz CT molecular complexity index is 406. The van der Waals surface area contributed by atoms with Gasteiger partial charge in [-0.15, -0.1) is 12.4 Å². The lowest BCUT2D eigenvalue weighted by Crippen LogP contribution is -2.53. The summed E-state index contributed by atoms with van der Waals surface area (Å²) in [5.74, 6) is 0.266. The highest BCUT2D eigenvalue weighted by atomic mass is 35.5. The van der Waals surface area contributed by atoms with Crippen molar-refractivity contribution in [2.45, 2.75) is 65.3 Å². The van der Waals surface area contributed by atoms with Crippen LogP contribution in [0.3, 0.4) is 0 Å². The molecule has 1 aliphatic heterocycles. The van der Waals surface area contributed by atoms with Gasteiger partial charge >= 0.3 is 5.97 Å². The summed E-state index contributed by atoms with van der Waals surface area (Å²) >= 11 is 0. The SMILES string of the molecule is CC1CCC(C(C)(C)C(=O)NN2CCCC2C(=O)O)CC1.Cl. The van der Waals surface area contributed by atoms with E-state index in [1.54, 1.807) is 5.01 Å². The maximum absolute atomic E-state index is 12.6. The summed E-state index contributed by atoms with van der Waals surface area (Å²) in [6, 6.07) is -0.573. The van der Waals surface area contributed by atoms with Crippen LogP contribution in [0.15, 0.2) is 0 Å². The fourth-order valence-electron chi connectivity index (χ4n) is 3.60. The normalized spacial score (nSPS) is 29.7. The fourth-order valence-corrected chi connectivity index (χ4v) is 3.60. The zero-order valence-corrected chi connectivity index (χ0v) is 14.6. The Morgan fingerprint density at radius 3 is 2.27 bits per heavy atom. The van der Waals surface area contributed by atoms with Crippen LogP contribution in [-0.4, -0.2) is 34.6 Å². The summed E-state index contributed by atoms with van der Waals surface area (Å²) in [4.78, 5) is 23.8. The van der Waals surface area contributed by atoms with Crippen molar-refractivity contribution >= 4 is 24.3 Å². The lowest BCUT2D eigenvalue weighted by atomic mass is 9.68. The lowest BCUT2D eigenvalue weighted by Gasteiger charge is -2.38. The Morgan fingerprint density at radius 2 is 1.73 bits per heavy atom. The van der Waals surface area contributed by atoms with Gasteiger partial charge in [-0.1, -0.05) is 33.6 Å². The predicted molar refractivity (Wildman–Crippen MR) is 87.7 cm³/mol. The number of halogens is 1. The van der Waals surface area contributed by atoms with E-state index in [9.17, 15) is 14.7 Å². The molecular weight excluding hydrogens is 304 g/mol. The van der Waals surface area contributed by atoms with Crippen molar-refractivity contribution < 1.29 is 14.7 Å². The van der Waals surface area contributed by atoms with Gasteiger partial charge in [-0.25, -0.2) is 5.01 Å². The van der Waals surface area contributed by atoms with Gasteiger partial charge in [-0.2, -0.15) is 0 Å². The van der Waals surface area contributed by atoms with Gasteiger partial charge in [0, 0.05) is 12.0 Å². The zero-order valence-electron chi connectivity index (χ0n) is 13.8. The van der Waals surface area contributed by atoms with Gasteiger partial charge in [0.05, 0.1) is 0 Å². The monoisotopic (exact) mass is 332 g/mol. The molecule has 0 spiro atoms. The van der Waals surface area contributed by atoms with E-state index in [-0.39, 0.29) is 18.3 Å². The predicted octanol–water partition coefficient (Wildman–Crippen LogP) is 2.84. The summed E-state index contributed by atoms with van der Waals surface area (Å²) in [7, 11) is 0. The van der Waals surface area contributed by atoms with Crippen LogP contribution in [0.4, 0.5) is 0 Å². The molecule has 1 saturated carbocycles. The average Bonchev–Trinajstić information content (AvgIpc) is 2.87. The van der Waals surface area contributed by atoms with Crippen LogP contribution in [0.25, 0.3) is 0 Å². The van der Waals surface area contributed by atoms with Crippen molar-refractivity contribution in [3.8, 4) is 0 Å². The highest BCUT2D eigenvalue weighted by molar-refractivity contribution is 5.85. The van der Waals surface area contributed by atoms with E-state index in [1.807, 2.05) is 13.8 Å². The minimum absolute atomic E-state index is 0. The Balaban J connectivity index is 0.00000242. The van der Waals surface area contributed by atoms with Crippen LogP contribution in [-0.2, 0) is 9.59 Å². The maximum atomic E-state index is 12.6. The van der Waals surface area contributed by atoms with E-state index in [0.717, 1.165) is 25.2 Å². The summed E-state index contributed by atoms with van der Waals surface area (Å²) < 4.78 is 0. The first-order valence-corrected chi connectivity index (χ1v) is 8.13. The second-order valence-corrected chi connectivity index (χ2v) is 7.31. The zero-order chi connectivity index (χ0) is 15.6. The molecule has 1 aliphatic carbocycles. The third-order valence-corrected chi connectivity index (χ3v) is 5.40. The molecule has 1 amide bonds. The lowest BCUT2D eigenvalue weighted by molar-refractivity contribution is -0.147. The van der Waals surface area contributed by atoms with E-state index < -0.39 is 17.4 Å². The van der Waals surface area contributed by atoms with Gasteiger partial charge in [0.25, 0.3) is 0 Å². The van der Waals surface area contributed by atoms with Gasteiger partial charge in [-0.3, -0.25) is 15.0 Å². The highest BCUT2D eigenvalue weighted by Crippen LogP contribution is 2.40. The standard InChI is InChI=1S/C16H28N2O3.ClH/c1-11-6-8-12(9-7-11)16(2,3)15(21)17-18-10-4-5-13(18)14(19)20;/h11-13H,4-10H2,1-3H3,(H,17,21)(H,19,20);1H. The second-order valence-electron chi connectivity index (χ2n) is 7.31. The van der Waals surface area contributed by atoms with Gasteiger partial charge < -0.3 is 5.11 Å². The first kappa shape index (κ1) is 19.2. The summed E-state index contributed by atoms with van der Waals surface area (Å²) in [5, 5.41) is 10.8. The number of aliphatic carboxylic acids is 1. The molecule has 2 rings (SSSR count). The van der Waals surface area contributed by atoms with Crippen LogP contribution >= 0.6 is 12.4 Å². The van der Waals surface area contributed by atoms with Gasteiger partial charge in [0.2, 0.25) is 5.91 Å². The van der Waals surface area contributed by atoms with Crippen molar-refractivity contribution in [3.63, 3.8) is 0 Å². The van der Waals surface area contributed by atoms with Crippen molar-refractivity contribution in [2.75, 3.05) is 6.54 Å². The van der Waals surface area contributed by atoms with Crippen molar-refractivity contribution in [2.24, 2.45) is 17.3 Å². The van der Waals surface area contributed by atoms with Crippen molar-refractivity contribution in [1.82, 2.24) is 10.4 Å². The van der Waals surface area contributed by atoms with Crippen LogP contribution in [0, 0.1) is 17.3 Å². The third-order valence-electron chi connectivity index (χ3n) is 5.40. The molecule has 1 atom stereocenters. The molecule has 0 radical (unpaired) electrons. The first-order chi connectivity index (χ1) is 9.82. The molecule has 5 nitrogen and oxygen atoms in total. The van der Waals surface area contributed by atoms with Gasteiger partial charge in [0.15, 0.2) is 0 Å². The average molecular weight is 333 g/mol.